The molecule has 0 bridgehead atoms. The number of rotatable bonds is 0. The Balaban J connectivity index is 2.13. The first-order chi connectivity index (χ1) is 5.67. The first kappa shape index (κ1) is 8.24. The van der Waals surface area contributed by atoms with E-state index >= 15 is 0 Å². The third kappa shape index (κ3) is 1.53. The van der Waals surface area contributed by atoms with E-state index in [9.17, 15) is 0 Å². The fraction of sp³-hybridized carbons (Fsp3) is 0.900. The van der Waals surface area contributed by atoms with E-state index < -0.39 is 0 Å². The summed E-state index contributed by atoms with van der Waals surface area (Å²) in [7, 11) is 0. The SMILES string of the molecule is CC1(C)CN=C2CCCC[C@@H]2N1. The second-order valence-corrected chi connectivity index (χ2v) is 4.63. The zero-order valence-corrected chi connectivity index (χ0v) is 8.06. The van der Waals surface area contributed by atoms with Gasteiger partial charge in [0.2, 0.25) is 0 Å². The second kappa shape index (κ2) is 2.84. The van der Waals surface area contributed by atoms with E-state index in [1.165, 1.54) is 31.4 Å². The molecular weight excluding hydrogens is 148 g/mol. The Morgan fingerprint density at radius 3 is 3.08 bits per heavy atom. The van der Waals surface area contributed by atoms with E-state index in [1.54, 1.807) is 0 Å². The molecule has 1 aliphatic heterocycles. The quantitative estimate of drug-likeness (QED) is 0.582. The molecular formula is C10H18N2. The van der Waals surface area contributed by atoms with Crippen LogP contribution in [0.1, 0.15) is 39.5 Å². The molecule has 0 amide bonds. The van der Waals surface area contributed by atoms with Crippen LogP contribution in [0.4, 0.5) is 0 Å². The van der Waals surface area contributed by atoms with E-state index in [1.807, 2.05) is 0 Å². The van der Waals surface area contributed by atoms with Crippen molar-refractivity contribution >= 4 is 5.71 Å². The van der Waals surface area contributed by atoms with Gasteiger partial charge in [-0.2, -0.15) is 0 Å². The van der Waals surface area contributed by atoms with Crippen molar-refractivity contribution in [2.24, 2.45) is 4.99 Å². The van der Waals surface area contributed by atoms with Crippen LogP contribution in [0.3, 0.4) is 0 Å². The van der Waals surface area contributed by atoms with Crippen molar-refractivity contribution in [3.8, 4) is 0 Å². The Kier molecular flexibility index (Phi) is 1.95. The van der Waals surface area contributed by atoms with Gasteiger partial charge < -0.3 is 5.32 Å². The Bertz CT molecular complexity index is 206. The van der Waals surface area contributed by atoms with E-state index in [2.05, 4.69) is 24.2 Å². The number of aliphatic imine (C=N–C) groups is 1. The van der Waals surface area contributed by atoms with E-state index in [0.29, 0.717) is 6.04 Å². The summed E-state index contributed by atoms with van der Waals surface area (Å²) in [6.07, 6.45) is 5.24. The van der Waals surface area contributed by atoms with Crippen LogP contribution in [-0.4, -0.2) is 23.8 Å². The summed E-state index contributed by atoms with van der Waals surface area (Å²) < 4.78 is 0. The van der Waals surface area contributed by atoms with E-state index in [0.717, 1.165) is 6.54 Å². The molecule has 1 fully saturated rings. The highest BCUT2D eigenvalue weighted by Gasteiger charge is 2.30. The first-order valence-corrected chi connectivity index (χ1v) is 4.98. The van der Waals surface area contributed by atoms with E-state index in [4.69, 9.17) is 0 Å². The van der Waals surface area contributed by atoms with Crippen molar-refractivity contribution in [3.63, 3.8) is 0 Å². The van der Waals surface area contributed by atoms with Gasteiger partial charge in [-0.25, -0.2) is 0 Å². The van der Waals surface area contributed by atoms with Crippen LogP contribution in [0.25, 0.3) is 0 Å². The largest absolute Gasteiger partial charge is 0.302 e. The zero-order valence-electron chi connectivity index (χ0n) is 8.06. The average molecular weight is 166 g/mol. The summed E-state index contributed by atoms with van der Waals surface area (Å²) in [5.41, 5.74) is 1.66. The van der Waals surface area contributed by atoms with Crippen molar-refractivity contribution < 1.29 is 0 Å². The number of hydrogen-bond donors (Lipinski definition) is 1. The van der Waals surface area contributed by atoms with Gasteiger partial charge >= 0.3 is 0 Å². The Morgan fingerprint density at radius 1 is 1.42 bits per heavy atom. The molecule has 0 aromatic carbocycles. The average Bonchev–Trinajstić information content (AvgIpc) is 2.02. The van der Waals surface area contributed by atoms with Gasteiger partial charge in [0.1, 0.15) is 0 Å². The van der Waals surface area contributed by atoms with Crippen molar-refractivity contribution in [3.05, 3.63) is 0 Å². The predicted octanol–water partition coefficient (Wildman–Crippen LogP) is 1.75. The topological polar surface area (TPSA) is 24.4 Å². The van der Waals surface area contributed by atoms with Gasteiger partial charge in [0.15, 0.2) is 0 Å². The third-order valence-electron chi connectivity index (χ3n) is 2.82. The molecule has 0 unspecified atom stereocenters. The monoisotopic (exact) mass is 166 g/mol. The van der Waals surface area contributed by atoms with Crippen molar-refractivity contribution in [2.45, 2.75) is 51.1 Å². The van der Waals surface area contributed by atoms with Gasteiger partial charge in [-0.1, -0.05) is 6.42 Å². The minimum Gasteiger partial charge on any atom is -0.302 e. The maximum absolute atomic E-state index is 4.66. The number of nitrogens with zero attached hydrogens (tertiary/aromatic N) is 1. The first-order valence-electron chi connectivity index (χ1n) is 4.98. The third-order valence-corrected chi connectivity index (χ3v) is 2.82. The van der Waals surface area contributed by atoms with Gasteiger partial charge in [-0.3, -0.25) is 4.99 Å². The Labute approximate surface area is 74.5 Å². The summed E-state index contributed by atoms with van der Waals surface area (Å²) in [6, 6.07) is 0.600. The molecule has 0 spiro atoms. The Morgan fingerprint density at radius 2 is 2.25 bits per heavy atom. The van der Waals surface area contributed by atoms with Crippen LogP contribution in [0, 0.1) is 0 Å². The molecule has 2 heteroatoms. The minimum absolute atomic E-state index is 0.228. The lowest BCUT2D eigenvalue weighted by molar-refractivity contribution is 0.336. The van der Waals surface area contributed by atoms with Gasteiger partial charge in [0, 0.05) is 17.3 Å². The summed E-state index contributed by atoms with van der Waals surface area (Å²) in [5.74, 6) is 0. The molecule has 2 rings (SSSR count). The summed E-state index contributed by atoms with van der Waals surface area (Å²) in [4.78, 5) is 4.66. The van der Waals surface area contributed by atoms with Crippen LogP contribution in [0.5, 0.6) is 0 Å². The fourth-order valence-electron chi connectivity index (χ4n) is 2.16. The second-order valence-electron chi connectivity index (χ2n) is 4.63. The molecule has 1 heterocycles. The van der Waals surface area contributed by atoms with Gasteiger partial charge in [-0.05, 0) is 33.1 Å². The maximum atomic E-state index is 4.66. The fourth-order valence-corrected chi connectivity index (χ4v) is 2.16. The molecule has 0 aromatic rings. The van der Waals surface area contributed by atoms with Crippen molar-refractivity contribution in [1.82, 2.24) is 5.32 Å². The molecule has 0 radical (unpaired) electrons. The number of fused-ring (bicyclic) bond motifs is 1. The highest BCUT2D eigenvalue weighted by Crippen LogP contribution is 2.22. The van der Waals surface area contributed by atoms with Crippen LogP contribution < -0.4 is 5.32 Å². The highest BCUT2D eigenvalue weighted by atomic mass is 15.1. The summed E-state index contributed by atoms with van der Waals surface area (Å²) in [6.45, 7) is 5.43. The molecule has 0 saturated heterocycles. The molecule has 1 aliphatic carbocycles. The molecule has 0 aromatic heterocycles. The summed E-state index contributed by atoms with van der Waals surface area (Å²) in [5, 5.41) is 3.66. The number of nitrogens with one attached hydrogen (secondary N) is 1. The van der Waals surface area contributed by atoms with E-state index in [-0.39, 0.29) is 5.54 Å². The maximum Gasteiger partial charge on any atom is 0.0566 e. The molecule has 1 atom stereocenters. The molecule has 2 nitrogen and oxygen atoms in total. The lowest BCUT2D eigenvalue weighted by Crippen LogP contribution is -2.55. The molecule has 2 aliphatic rings. The normalized spacial score (nSPS) is 33.8. The summed E-state index contributed by atoms with van der Waals surface area (Å²) >= 11 is 0. The highest BCUT2D eigenvalue weighted by molar-refractivity contribution is 5.90. The molecule has 1 saturated carbocycles. The number of hydrogen-bond acceptors (Lipinski definition) is 2. The minimum atomic E-state index is 0.228. The standard InChI is InChI=1S/C10H18N2/c1-10(2)7-11-8-5-3-4-6-9(8)12-10/h9,12H,3-7H2,1-2H3/t9-/m0/s1. The van der Waals surface area contributed by atoms with Gasteiger partial charge in [0.05, 0.1) is 6.54 Å². The molecule has 68 valence electrons. The molecule has 1 N–H and O–H groups in total. The predicted molar refractivity (Wildman–Crippen MR) is 51.8 cm³/mol. The van der Waals surface area contributed by atoms with Crippen molar-refractivity contribution in [1.29, 1.82) is 0 Å². The Hall–Kier alpha value is -0.370. The van der Waals surface area contributed by atoms with Crippen LogP contribution in [-0.2, 0) is 0 Å². The molecule has 12 heavy (non-hydrogen) atoms. The smallest absolute Gasteiger partial charge is 0.0566 e. The van der Waals surface area contributed by atoms with Gasteiger partial charge in [-0.15, -0.1) is 0 Å². The lowest BCUT2D eigenvalue weighted by atomic mass is 9.88. The van der Waals surface area contributed by atoms with Crippen LogP contribution >= 0.6 is 0 Å². The lowest BCUT2D eigenvalue weighted by Gasteiger charge is -2.38. The van der Waals surface area contributed by atoms with Gasteiger partial charge in [0.25, 0.3) is 0 Å². The zero-order chi connectivity index (χ0) is 8.60. The van der Waals surface area contributed by atoms with Crippen LogP contribution in [0.2, 0.25) is 0 Å². The van der Waals surface area contributed by atoms with Crippen LogP contribution in [0.15, 0.2) is 4.99 Å². The van der Waals surface area contributed by atoms with Crippen molar-refractivity contribution in [2.75, 3.05) is 6.54 Å².